The first-order valence-corrected chi connectivity index (χ1v) is 4.40. The number of hydrogen-bond acceptors (Lipinski definition) is 4. The number of aromatic nitrogens is 1. The molecule has 5 nitrogen and oxygen atoms in total. The number of hydrogen-bond donors (Lipinski definition) is 2. The van der Waals surface area contributed by atoms with E-state index in [-0.39, 0.29) is 6.42 Å². The lowest BCUT2D eigenvalue weighted by Crippen LogP contribution is -2.37. The van der Waals surface area contributed by atoms with Crippen molar-refractivity contribution in [2.75, 3.05) is 7.11 Å². The van der Waals surface area contributed by atoms with Gasteiger partial charge in [-0.05, 0) is 12.5 Å². The topological polar surface area (TPSA) is 79.7 Å². The van der Waals surface area contributed by atoms with Crippen LogP contribution in [-0.4, -0.2) is 33.9 Å². The van der Waals surface area contributed by atoms with Crippen LogP contribution in [0.2, 0.25) is 0 Å². The second kappa shape index (κ2) is 4.27. The number of carboxylic acid groups (broad SMARTS) is 1. The largest absolute Gasteiger partial charge is 0.481 e. The summed E-state index contributed by atoms with van der Waals surface area (Å²) in [4.78, 5) is 14.6. The van der Waals surface area contributed by atoms with Gasteiger partial charge in [0.2, 0.25) is 5.88 Å². The summed E-state index contributed by atoms with van der Waals surface area (Å²) in [6, 6.07) is 3.29. The molecule has 1 aromatic heterocycles. The van der Waals surface area contributed by atoms with Gasteiger partial charge in [-0.25, -0.2) is 9.78 Å². The van der Waals surface area contributed by atoms with Crippen LogP contribution in [0.25, 0.3) is 0 Å². The van der Waals surface area contributed by atoms with Gasteiger partial charge in [-0.3, -0.25) is 0 Å². The zero-order valence-electron chi connectivity index (χ0n) is 8.60. The highest BCUT2D eigenvalue weighted by Crippen LogP contribution is 2.14. The number of aliphatic hydroxyl groups is 1. The molecule has 1 heterocycles. The van der Waals surface area contributed by atoms with Gasteiger partial charge in [0.25, 0.3) is 0 Å². The van der Waals surface area contributed by atoms with Crippen LogP contribution in [0.15, 0.2) is 18.3 Å². The average molecular weight is 211 g/mol. The Morgan fingerprint density at radius 3 is 2.67 bits per heavy atom. The van der Waals surface area contributed by atoms with Crippen molar-refractivity contribution in [3.8, 4) is 5.88 Å². The van der Waals surface area contributed by atoms with Crippen molar-refractivity contribution in [2.24, 2.45) is 0 Å². The van der Waals surface area contributed by atoms with Crippen molar-refractivity contribution in [3.05, 3.63) is 23.9 Å². The van der Waals surface area contributed by atoms with Crippen LogP contribution >= 0.6 is 0 Å². The minimum atomic E-state index is -1.77. The second-order valence-electron chi connectivity index (χ2n) is 3.46. The fourth-order valence-electron chi connectivity index (χ4n) is 1.11. The zero-order valence-corrected chi connectivity index (χ0v) is 8.60. The smallest absolute Gasteiger partial charge is 0.335 e. The fourth-order valence-corrected chi connectivity index (χ4v) is 1.11. The van der Waals surface area contributed by atoms with Gasteiger partial charge in [0.15, 0.2) is 5.60 Å². The van der Waals surface area contributed by atoms with Crippen LogP contribution in [0.5, 0.6) is 5.88 Å². The molecule has 0 spiro atoms. The maximum Gasteiger partial charge on any atom is 0.335 e. The normalized spacial score (nSPS) is 14.3. The summed E-state index contributed by atoms with van der Waals surface area (Å²) in [5.41, 5.74) is -1.13. The van der Waals surface area contributed by atoms with Crippen LogP contribution in [-0.2, 0) is 11.2 Å². The van der Waals surface area contributed by atoms with E-state index in [1.54, 1.807) is 12.1 Å². The van der Waals surface area contributed by atoms with Gasteiger partial charge in [-0.1, -0.05) is 6.07 Å². The van der Waals surface area contributed by atoms with Crippen molar-refractivity contribution in [3.63, 3.8) is 0 Å². The van der Waals surface area contributed by atoms with Crippen LogP contribution in [0.4, 0.5) is 0 Å². The average Bonchev–Trinajstić information content (AvgIpc) is 2.18. The molecule has 0 saturated carbocycles. The summed E-state index contributed by atoms with van der Waals surface area (Å²) in [5, 5.41) is 18.2. The van der Waals surface area contributed by atoms with Crippen LogP contribution in [0.3, 0.4) is 0 Å². The first-order chi connectivity index (χ1) is 6.95. The summed E-state index contributed by atoms with van der Waals surface area (Å²) in [6.45, 7) is 1.25. The van der Waals surface area contributed by atoms with E-state index in [4.69, 9.17) is 9.84 Å². The van der Waals surface area contributed by atoms with Gasteiger partial charge in [-0.2, -0.15) is 0 Å². The lowest BCUT2D eigenvalue weighted by Gasteiger charge is -2.17. The molecular formula is C10H13NO4. The third-order valence-electron chi connectivity index (χ3n) is 2.02. The molecular weight excluding hydrogens is 198 g/mol. The van der Waals surface area contributed by atoms with E-state index in [0.29, 0.717) is 11.4 Å². The summed E-state index contributed by atoms with van der Waals surface area (Å²) in [5.74, 6) is -0.799. The SMILES string of the molecule is COc1ccc(CC(C)(O)C(=O)O)cn1. The third-order valence-corrected chi connectivity index (χ3v) is 2.02. The number of carboxylic acids is 1. The predicted octanol–water partition coefficient (Wildman–Crippen LogP) is 0.468. The molecule has 0 bridgehead atoms. The van der Waals surface area contributed by atoms with Crippen molar-refractivity contribution in [1.82, 2.24) is 4.98 Å². The third kappa shape index (κ3) is 2.92. The Kier molecular flexibility index (Phi) is 3.26. The molecule has 1 unspecified atom stereocenters. The molecule has 0 amide bonds. The van der Waals surface area contributed by atoms with Gasteiger partial charge < -0.3 is 14.9 Å². The zero-order chi connectivity index (χ0) is 11.5. The summed E-state index contributed by atoms with van der Waals surface area (Å²) in [7, 11) is 1.50. The highest BCUT2D eigenvalue weighted by Gasteiger charge is 2.30. The minimum Gasteiger partial charge on any atom is -0.481 e. The van der Waals surface area contributed by atoms with E-state index < -0.39 is 11.6 Å². The molecule has 82 valence electrons. The first kappa shape index (κ1) is 11.5. The monoisotopic (exact) mass is 211 g/mol. The van der Waals surface area contributed by atoms with Gasteiger partial charge in [0.05, 0.1) is 7.11 Å². The molecule has 0 fully saturated rings. The van der Waals surface area contributed by atoms with Crippen molar-refractivity contribution < 1.29 is 19.7 Å². The molecule has 0 saturated heterocycles. The first-order valence-electron chi connectivity index (χ1n) is 4.40. The van der Waals surface area contributed by atoms with Crippen LogP contribution < -0.4 is 4.74 Å². The molecule has 0 aliphatic carbocycles. The van der Waals surface area contributed by atoms with Gasteiger partial charge in [-0.15, -0.1) is 0 Å². The quantitative estimate of drug-likeness (QED) is 0.756. The molecule has 5 heteroatoms. The maximum absolute atomic E-state index is 10.7. The molecule has 0 aliphatic heterocycles. The lowest BCUT2D eigenvalue weighted by atomic mass is 9.98. The highest BCUT2D eigenvalue weighted by atomic mass is 16.5. The molecule has 2 N–H and O–H groups in total. The number of aliphatic carboxylic acids is 1. The van der Waals surface area contributed by atoms with Crippen molar-refractivity contribution in [1.29, 1.82) is 0 Å². The Morgan fingerprint density at radius 2 is 2.27 bits per heavy atom. The predicted molar refractivity (Wildman–Crippen MR) is 52.8 cm³/mol. The highest BCUT2D eigenvalue weighted by molar-refractivity contribution is 5.76. The molecule has 1 atom stereocenters. The van der Waals surface area contributed by atoms with E-state index >= 15 is 0 Å². The van der Waals surface area contributed by atoms with Crippen LogP contribution in [0.1, 0.15) is 12.5 Å². The molecule has 1 aromatic rings. The number of pyridine rings is 1. The van der Waals surface area contributed by atoms with Crippen molar-refractivity contribution in [2.45, 2.75) is 18.9 Å². The molecule has 0 aromatic carbocycles. The Hall–Kier alpha value is -1.62. The Bertz CT molecular complexity index is 345. The van der Waals surface area contributed by atoms with E-state index in [9.17, 15) is 9.90 Å². The maximum atomic E-state index is 10.7. The number of ether oxygens (including phenoxy) is 1. The van der Waals surface area contributed by atoms with Gasteiger partial charge in [0.1, 0.15) is 0 Å². The summed E-state index contributed by atoms with van der Waals surface area (Å²) in [6.07, 6.45) is 1.50. The molecule has 15 heavy (non-hydrogen) atoms. The Balaban J connectivity index is 2.77. The minimum absolute atomic E-state index is 0.0132. The standard InChI is InChI=1S/C10H13NO4/c1-10(14,9(12)13)5-7-3-4-8(15-2)11-6-7/h3-4,6,14H,5H2,1-2H3,(H,12,13). The Morgan fingerprint density at radius 1 is 1.60 bits per heavy atom. The van der Waals surface area contributed by atoms with Crippen LogP contribution in [0, 0.1) is 0 Å². The Labute approximate surface area is 87.3 Å². The molecule has 0 aliphatic rings. The number of rotatable bonds is 4. The second-order valence-corrected chi connectivity index (χ2v) is 3.46. The number of nitrogens with zero attached hydrogens (tertiary/aromatic N) is 1. The van der Waals surface area contributed by atoms with E-state index in [1.165, 1.54) is 20.2 Å². The fraction of sp³-hybridized carbons (Fsp3) is 0.400. The summed E-state index contributed by atoms with van der Waals surface area (Å²) >= 11 is 0. The van der Waals surface area contributed by atoms with E-state index in [1.807, 2.05) is 0 Å². The van der Waals surface area contributed by atoms with Crippen molar-refractivity contribution >= 4 is 5.97 Å². The number of methoxy groups -OCH3 is 1. The van der Waals surface area contributed by atoms with E-state index in [0.717, 1.165) is 0 Å². The van der Waals surface area contributed by atoms with Gasteiger partial charge >= 0.3 is 5.97 Å². The van der Waals surface area contributed by atoms with Gasteiger partial charge in [0, 0.05) is 18.7 Å². The summed E-state index contributed by atoms with van der Waals surface area (Å²) < 4.78 is 4.86. The number of carbonyl (C=O) groups is 1. The molecule has 0 radical (unpaired) electrons. The molecule has 1 rings (SSSR count). The van der Waals surface area contributed by atoms with E-state index in [2.05, 4.69) is 4.98 Å². The lowest BCUT2D eigenvalue weighted by molar-refractivity contribution is -0.156.